The maximum atomic E-state index is 13.4. The third-order valence-corrected chi connectivity index (χ3v) is 2.64. The quantitative estimate of drug-likeness (QED) is 0.838. The topological polar surface area (TPSA) is 68.0 Å². The number of hydrogen-bond donors (Lipinski definition) is 2. The molecule has 92 valence electrons. The van der Waals surface area contributed by atoms with Gasteiger partial charge in [-0.3, -0.25) is 9.78 Å². The lowest BCUT2D eigenvalue weighted by Crippen LogP contribution is -2.13. The Morgan fingerprint density at radius 1 is 1.33 bits per heavy atom. The van der Waals surface area contributed by atoms with E-state index in [0.29, 0.717) is 15.7 Å². The predicted octanol–water partition coefficient (Wildman–Crippen LogP) is 2.82. The zero-order chi connectivity index (χ0) is 13.1. The Bertz CT molecular complexity index is 604. The van der Waals surface area contributed by atoms with Crippen LogP contribution in [0.2, 0.25) is 0 Å². The molecular weight excluding hydrogens is 301 g/mol. The first-order valence-electron chi connectivity index (χ1n) is 5.03. The van der Waals surface area contributed by atoms with Crippen LogP contribution in [-0.4, -0.2) is 10.9 Å². The molecule has 0 radical (unpaired) electrons. The molecule has 2 aromatic rings. The van der Waals surface area contributed by atoms with Crippen LogP contribution in [0.5, 0.6) is 0 Å². The molecular formula is C12H9BrFN3O. The van der Waals surface area contributed by atoms with Gasteiger partial charge in [-0.1, -0.05) is 0 Å². The first-order chi connectivity index (χ1) is 8.56. The fourth-order valence-corrected chi connectivity index (χ4v) is 1.73. The monoisotopic (exact) mass is 309 g/mol. The number of nitrogens with one attached hydrogen (secondary N) is 1. The Morgan fingerprint density at radius 3 is 2.83 bits per heavy atom. The molecule has 0 atom stereocenters. The summed E-state index contributed by atoms with van der Waals surface area (Å²) in [6, 6.07) is 5.57. The molecule has 0 saturated heterocycles. The van der Waals surface area contributed by atoms with Crippen LogP contribution in [0.1, 0.15) is 10.4 Å². The lowest BCUT2D eigenvalue weighted by atomic mass is 10.2. The first-order valence-corrected chi connectivity index (χ1v) is 5.82. The number of nitrogen functional groups attached to an aromatic ring is 1. The van der Waals surface area contributed by atoms with E-state index in [1.54, 1.807) is 12.3 Å². The Kier molecular flexibility index (Phi) is 3.57. The van der Waals surface area contributed by atoms with Gasteiger partial charge in [0.15, 0.2) is 0 Å². The van der Waals surface area contributed by atoms with Crippen molar-refractivity contribution in [2.24, 2.45) is 0 Å². The van der Waals surface area contributed by atoms with Crippen LogP contribution in [0.25, 0.3) is 0 Å². The molecule has 4 nitrogen and oxygen atoms in total. The van der Waals surface area contributed by atoms with Gasteiger partial charge < -0.3 is 11.1 Å². The Morgan fingerprint density at radius 2 is 2.11 bits per heavy atom. The van der Waals surface area contributed by atoms with Crippen molar-refractivity contribution in [2.75, 3.05) is 11.1 Å². The third-order valence-electron chi connectivity index (χ3n) is 2.21. The largest absolute Gasteiger partial charge is 0.399 e. The van der Waals surface area contributed by atoms with Crippen LogP contribution in [0, 0.1) is 5.82 Å². The predicted molar refractivity (Wildman–Crippen MR) is 70.7 cm³/mol. The SMILES string of the molecule is Nc1ccc(F)c(NC(=O)c2cncc(Br)c2)c1. The zero-order valence-corrected chi connectivity index (χ0v) is 10.7. The molecule has 0 aliphatic carbocycles. The second-order valence-corrected chi connectivity index (χ2v) is 4.50. The van der Waals surface area contributed by atoms with E-state index < -0.39 is 11.7 Å². The standard InChI is InChI=1S/C12H9BrFN3O/c13-8-3-7(5-16-6-8)12(18)17-11-4-9(15)1-2-10(11)14/h1-6H,15H2,(H,17,18). The normalized spacial score (nSPS) is 10.1. The Hall–Kier alpha value is -1.95. The molecule has 3 N–H and O–H groups in total. The molecule has 2 rings (SSSR count). The third kappa shape index (κ3) is 2.84. The molecule has 0 fully saturated rings. The average Bonchev–Trinajstić information content (AvgIpc) is 2.34. The smallest absolute Gasteiger partial charge is 0.257 e. The minimum absolute atomic E-state index is 0.0416. The van der Waals surface area contributed by atoms with E-state index in [9.17, 15) is 9.18 Å². The number of rotatable bonds is 2. The van der Waals surface area contributed by atoms with Crippen LogP contribution in [0.3, 0.4) is 0 Å². The summed E-state index contributed by atoms with van der Waals surface area (Å²) in [5, 5.41) is 2.44. The number of nitrogens with zero attached hydrogens (tertiary/aromatic N) is 1. The van der Waals surface area contributed by atoms with Gasteiger partial charge in [0.1, 0.15) is 5.82 Å². The number of nitrogens with two attached hydrogens (primary N) is 1. The Labute approximate surface area is 111 Å². The molecule has 1 amide bonds. The van der Waals surface area contributed by atoms with Gasteiger partial charge in [0.25, 0.3) is 5.91 Å². The number of amides is 1. The molecule has 0 aliphatic heterocycles. The molecule has 0 spiro atoms. The molecule has 1 aromatic carbocycles. The van der Waals surface area contributed by atoms with Crippen molar-refractivity contribution in [3.05, 3.63) is 52.5 Å². The van der Waals surface area contributed by atoms with Gasteiger partial charge in [-0.2, -0.15) is 0 Å². The van der Waals surface area contributed by atoms with E-state index in [0.717, 1.165) is 0 Å². The number of carbonyl (C=O) groups excluding carboxylic acids is 1. The summed E-state index contributed by atoms with van der Waals surface area (Å²) in [4.78, 5) is 15.7. The van der Waals surface area contributed by atoms with E-state index >= 15 is 0 Å². The van der Waals surface area contributed by atoms with Crippen LogP contribution in [0.4, 0.5) is 15.8 Å². The molecule has 0 aliphatic rings. The summed E-state index contributed by atoms with van der Waals surface area (Å²) in [7, 11) is 0. The van der Waals surface area contributed by atoms with Crippen molar-refractivity contribution in [1.82, 2.24) is 4.98 Å². The van der Waals surface area contributed by atoms with E-state index in [1.165, 1.54) is 24.4 Å². The van der Waals surface area contributed by atoms with Crippen LogP contribution in [0.15, 0.2) is 41.1 Å². The molecule has 6 heteroatoms. The fourth-order valence-electron chi connectivity index (χ4n) is 1.37. The molecule has 1 aromatic heterocycles. The van der Waals surface area contributed by atoms with Crippen molar-refractivity contribution in [3.8, 4) is 0 Å². The van der Waals surface area contributed by atoms with Crippen molar-refractivity contribution in [1.29, 1.82) is 0 Å². The van der Waals surface area contributed by atoms with E-state index in [1.807, 2.05) is 0 Å². The number of anilines is 2. The van der Waals surface area contributed by atoms with Crippen molar-refractivity contribution in [2.45, 2.75) is 0 Å². The van der Waals surface area contributed by atoms with Gasteiger partial charge in [-0.15, -0.1) is 0 Å². The van der Waals surface area contributed by atoms with Gasteiger partial charge >= 0.3 is 0 Å². The molecule has 0 bridgehead atoms. The molecule has 0 unspecified atom stereocenters. The maximum absolute atomic E-state index is 13.4. The van der Waals surface area contributed by atoms with Crippen LogP contribution in [-0.2, 0) is 0 Å². The highest BCUT2D eigenvalue weighted by Gasteiger charge is 2.10. The lowest BCUT2D eigenvalue weighted by Gasteiger charge is -2.07. The van der Waals surface area contributed by atoms with Crippen molar-refractivity contribution in [3.63, 3.8) is 0 Å². The van der Waals surface area contributed by atoms with Crippen LogP contribution < -0.4 is 11.1 Å². The summed E-state index contributed by atoms with van der Waals surface area (Å²) in [6.07, 6.45) is 2.95. The number of carbonyl (C=O) groups is 1. The molecule has 0 saturated carbocycles. The van der Waals surface area contributed by atoms with Gasteiger partial charge in [-0.25, -0.2) is 4.39 Å². The highest BCUT2D eigenvalue weighted by atomic mass is 79.9. The van der Waals surface area contributed by atoms with Gasteiger partial charge in [0.05, 0.1) is 11.3 Å². The van der Waals surface area contributed by atoms with E-state index in [4.69, 9.17) is 5.73 Å². The highest BCUT2D eigenvalue weighted by molar-refractivity contribution is 9.10. The maximum Gasteiger partial charge on any atom is 0.257 e. The lowest BCUT2D eigenvalue weighted by molar-refractivity contribution is 0.102. The van der Waals surface area contributed by atoms with Gasteiger partial charge in [0.2, 0.25) is 0 Å². The number of halogens is 2. The molecule has 1 heterocycles. The van der Waals surface area contributed by atoms with E-state index in [2.05, 4.69) is 26.2 Å². The number of aromatic nitrogens is 1. The summed E-state index contributed by atoms with van der Waals surface area (Å²) < 4.78 is 14.1. The Balaban J connectivity index is 2.24. The summed E-state index contributed by atoms with van der Waals surface area (Å²) in [5.74, 6) is -0.992. The minimum atomic E-state index is -0.541. The molecule has 18 heavy (non-hydrogen) atoms. The summed E-state index contributed by atoms with van der Waals surface area (Å²) in [6.45, 7) is 0. The first kappa shape index (κ1) is 12.5. The number of hydrogen-bond acceptors (Lipinski definition) is 3. The zero-order valence-electron chi connectivity index (χ0n) is 9.15. The fraction of sp³-hybridized carbons (Fsp3) is 0. The average molecular weight is 310 g/mol. The summed E-state index contributed by atoms with van der Waals surface area (Å²) >= 11 is 3.21. The van der Waals surface area contributed by atoms with E-state index in [-0.39, 0.29) is 5.69 Å². The summed E-state index contributed by atoms with van der Waals surface area (Å²) in [5.41, 5.74) is 6.27. The van der Waals surface area contributed by atoms with Crippen molar-refractivity contribution < 1.29 is 9.18 Å². The highest BCUT2D eigenvalue weighted by Crippen LogP contribution is 2.18. The van der Waals surface area contributed by atoms with Gasteiger partial charge in [0, 0.05) is 22.6 Å². The number of benzene rings is 1. The minimum Gasteiger partial charge on any atom is -0.399 e. The van der Waals surface area contributed by atoms with Crippen molar-refractivity contribution >= 4 is 33.2 Å². The number of pyridine rings is 1. The van der Waals surface area contributed by atoms with Gasteiger partial charge in [-0.05, 0) is 40.2 Å². The van der Waals surface area contributed by atoms with Crippen LogP contribution >= 0.6 is 15.9 Å². The second kappa shape index (κ2) is 5.14. The second-order valence-electron chi connectivity index (χ2n) is 3.59.